The third kappa shape index (κ3) is 4.79. The van der Waals surface area contributed by atoms with Gasteiger partial charge in [0.25, 0.3) is 0 Å². The Morgan fingerprint density at radius 3 is 2.69 bits per heavy atom. The Kier molecular flexibility index (Phi) is 5.53. The van der Waals surface area contributed by atoms with Crippen LogP contribution in [0.25, 0.3) is 0 Å². The summed E-state index contributed by atoms with van der Waals surface area (Å²) in [5.41, 5.74) is 2.66. The Morgan fingerprint density at radius 1 is 1.38 bits per heavy atom. The number of aliphatic carboxylic acids is 1. The van der Waals surface area contributed by atoms with E-state index in [0.29, 0.717) is 11.2 Å². The van der Waals surface area contributed by atoms with Crippen molar-refractivity contribution in [3.05, 3.63) is 35.4 Å². The van der Waals surface area contributed by atoms with E-state index < -0.39 is 5.97 Å². The van der Waals surface area contributed by atoms with Crippen LogP contribution in [0.15, 0.2) is 24.3 Å². The molecular formula is C13H17BrO2. The number of carbonyl (C=O) groups is 1. The molecule has 0 aliphatic heterocycles. The van der Waals surface area contributed by atoms with Gasteiger partial charge in [0.05, 0.1) is 0 Å². The van der Waals surface area contributed by atoms with Crippen LogP contribution >= 0.6 is 15.9 Å². The zero-order valence-corrected chi connectivity index (χ0v) is 11.0. The van der Waals surface area contributed by atoms with Gasteiger partial charge in [-0.2, -0.15) is 0 Å². The molecule has 0 heterocycles. The van der Waals surface area contributed by atoms with Crippen molar-refractivity contribution in [3.8, 4) is 0 Å². The SMILES string of the molecule is Cc1ccccc1CCC(Br)CCC(=O)O. The first-order valence-corrected chi connectivity index (χ1v) is 6.41. The summed E-state index contributed by atoms with van der Waals surface area (Å²) in [5, 5.41) is 8.57. The van der Waals surface area contributed by atoms with E-state index in [2.05, 4.69) is 35.0 Å². The highest BCUT2D eigenvalue weighted by atomic mass is 79.9. The second kappa shape index (κ2) is 6.69. The summed E-state index contributed by atoms with van der Waals surface area (Å²) in [4.78, 5) is 10.7. The lowest BCUT2D eigenvalue weighted by Gasteiger charge is -2.09. The maximum absolute atomic E-state index is 10.4. The van der Waals surface area contributed by atoms with Gasteiger partial charge in [-0.1, -0.05) is 40.2 Å². The molecule has 0 spiro atoms. The molecule has 88 valence electrons. The lowest BCUT2D eigenvalue weighted by Crippen LogP contribution is -2.05. The summed E-state index contributed by atoms with van der Waals surface area (Å²) in [7, 11) is 0. The molecule has 0 amide bonds. The van der Waals surface area contributed by atoms with Crippen molar-refractivity contribution in [2.75, 3.05) is 0 Å². The molecule has 0 fully saturated rings. The fourth-order valence-electron chi connectivity index (χ4n) is 1.63. The molecule has 0 aliphatic rings. The van der Waals surface area contributed by atoms with Gasteiger partial charge in [-0.15, -0.1) is 0 Å². The number of carboxylic acid groups (broad SMARTS) is 1. The average Bonchev–Trinajstić information content (AvgIpc) is 2.25. The van der Waals surface area contributed by atoms with Crippen molar-refractivity contribution in [1.29, 1.82) is 0 Å². The molecule has 0 bridgehead atoms. The molecule has 1 rings (SSSR count). The molecular weight excluding hydrogens is 268 g/mol. The Morgan fingerprint density at radius 2 is 2.06 bits per heavy atom. The highest BCUT2D eigenvalue weighted by molar-refractivity contribution is 9.09. The van der Waals surface area contributed by atoms with Crippen molar-refractivity contribution in [2.45, 2.75) is 37.4 Å². The third-order valence-electron chi connectivity index (χ3n) is 2.66. The van der Waals surface area contributed by atoms with Gasteiger partial charge < -0.3 is 5.11 Å². The first-order valence-electron chi connectivity index (χ1n) is 5.50. The Hall–Kier alpha value is -0.830. The van der Waals surface area contributed by atoms with Crippen molar-refractivity contribution < 1.29 is 9.90 Å². The largest absolute Gasteiger partial charge is 0.481 e. The maximum atomic E-state index is 10.4. The minimum absolute atomic E-state index is 0.240. The predicted molar refractivity (Wildman–Crippen MR) is 69.1 cm³/mol. The first-order chi connectivity index (χ1) is 7.59. The Labute approximate surface area is 105 Å². The van der Waals surface area contributed by atoms with Gasteiger partial charge in [-0.05, 0) is 37.3 Å². The van der Waals surface area contributed by atoms with E-state index in [1.54, 1.807) is 0 Å². The average molecular weight is 285 g/mol. The van der Waals surface area contributed by atoms with Crippen molar-refractivity contribution in [1.82, 2.24) is 0 Å². The number of hydrogen-bond acceptors (Lipinski definition) is 1. The number of halogens is 1. The number of hydrogen-bond donors (Lipinski definition) is 1. The molecule has 0 aromatic heterocycles. The topological polar surface area (TPSA) is 37.3 Å². The van der Waals surface area contributed by atoms with Crippen LogP contribution in [0, 0.1) is 6.92 Å². The monoisotopic (exact) mass is 284 g/mol. The van der Waals surface area contributed by atoms with Gasteiger partial charge in [-0.3, -0.25) is 4.79 Å². The fourth-order valence-corrected chi connectivity index (χ4v) is 2.08. The van der Waals surface area contributed by atoms with E-state index in [1.807, 2.05) is 12.1 Å². The van der Waals surface area contributed by atoms with Gasteiger partial charge >= 0.3 is 5.97 Å². The lowest BCUT2D eigenvalue weighted by molar-refractivity contribution is -0.137. The number of aryl methyl sites for hydroxylation is 2. The second-order valence-electron chi connectivity index (χ2n) is 3.99. The first kappa shape index (κ1) is 13.2. The summed E-state index contributed by atoms with van der Waals surface area (Å²) in [6.45, 7) is 2.11. The zero-order chi connectivity index (χ0) is 12.0. The molecule has 0 aliphatic carbocycles. The molecule has 1 aromatic rings. The molecule has 3 heteroatoms. The molecule has 16 heavy (non-hydrogen) atoms. The smallest absolute Gasteiger partial charge is 0.303 e. The molecule has 1 unspecified atom stereocenters. The van der Waals surface area contributed by atoms with Gasteiger partial charge in [0.1, 0.15) is 0 Å². The quantitative estimate of drug-likeness (QED) is 0.811. The van der Waals surface area contributed by atoms with Crippen LogP contribution in [0.2, 0.25) is 0 Å². The van der Waals surface area contributed by atoms with Crippen molar-refractivity contribution >= 4 is 21.9 Å². The zero-order valence-electron chi connectivity index (χ0n) is 9.45. The molecule has 0 saturated heterocycles. The van der Waals surface area contributed by atoms with E-state index in [1.165, 1.54) is 11.1 Å². The van der Waals surface area contributed by atoms with Crippen LogP contribution in [0.5, 0.6) is 0 Å². The molecule has 0 saturated carbocycles. The standard InChI is InChI=1S/C13H17BrO2/c1-10-4-2-3-5-11(10)6-7-12(14)8-9-13(15)16/h2-5,12H,6-9H2,1H3,(H,15,16). The van der Waals surface area contributed by atoms with Gasteiger partial charge in [0, 0.05) is 11.2 Å². The Balaban J connectivity index is 2.34. The van der Waals surface area contributed by atoms with E-state index in [4.69, 9.17) is 5.11 Å². The molecule has 2 nitrogen and oxygen atoms in total. The van der Waals surface area contributed by atoms with Crippen molar-refractivity contribution in [3.63, 3.8) is 0 Å². The van der Waals surface area contributed by atoms with Crippen LogP contribution in [-0.4, -0.2) is 15.9 Å². The van der Waals surface area contributed by atoms with Crippen LogP contribution in [0.4, 0.5) is 0 Å². The summed E-state index contributed by atoms with van der Waals surface area (Å²) in [6.07, 6.45) is 2.92. The lowest BCUT2D eigenvalue weighted by atomic mass is 10.0. The number of rotatable bonds is 6. The van der Waals surface area contributed by atoms with Gasteiger partial charge in [0.15, 0.2) is 0 Å². The Bertz CT molecular complexity index is 350. The minimum Gasteiger partial charge on any atom is -0.481 e. The second-order valence-corrected chi connectivity index (χ2v) is 5.29. The highest BCUT2D eigenvalue weighted by Gasteiger charge is 2.08. The third-order valence-corrected chi connectivity index (χ3v) is 3.58. The number of benzene rings is 1. The van der Waals surface area contributed by atoms with E-state index >= 15 is 0 Å². The van der Waals surface area contributed by atoms with Crippen molar-refractivity contribution in [2.24, 2.45) is 0 Å². The molecule has 1 N–H and O–H groups in total. The van der Waals surface area contributed by atoms with E-state index in [-0.39, 0.29) is 6.42 Å². The van der Waals surface area contributed by atoms with E-state index in [0.717, 1.165) is 12.8 Å². The summed E-state index contributed by atoms with van der Waals surface area (Å²) in [6, 6.07) is 8.32. The number of alkyl halides is 1. The van der Waals surface area contributed by atoms with Crippen LogP contribution < -0.4 is 0 Å². The number of carboxylic acids is 1. The summed E-state index contributed by atoms with van der Waals surface area (Å²) < 4.78 is 0. The van der Waals surface area contributed by atoms with E-state index in [9.17, 15) is 4.79 Å². The van der Waals surface area contributed by atoms with Crippen LogP contribution in [-0.2, 0) is 11.2 Å². The normalized spacial score (nSPS) is 12.4. The van der Waals surface area contributed by atoms with Gasteiger partial charge in [0.2, 0.25) is 0 Å². The minimum atomic E-state index is -0.722. The fraction of sp³-hybridized carbons (Fsp3) is 0.462. The molecule has 1 aromatic carbocycles. The molecule has 1 atom stereocenters. The molecule has 0 radical (unpaired) electrons. The van der Waals surface area contributed by atoms with Gasteiger partial charge in [-0.25, -0.2) is 0 Å². The maximum Gasteiger partial charge on any atom is 0.303 e. The predicted octanol–water partition coefficient (Wildman–Crippen LogP) is 3.56. The van der Waals surface area contributed by atoms with Crippen LogP contribution in [0.1, 0.15) is 30.4 Å². The summed E-state index contributed by atoms with van der Waals surface area (Å²) in [5.74, 6) is -0.722. The van der Waals surface area contributed by atoms with Crippen LogP contribution in [0.3, 0.4) is 0 Å². The summed E-state index contributed by atoms with van der Waals surface area (Å²) >= 11 is 3.53. The highest BCUT2D eigenvalue weighted by Crippen LogP contribution is 2.17.